The van der Waals surface area contributed by atoms with E-state index in [4.69, 9.17) is 4.98 Å². The van der Waals surface area contributed by atoms with E-state index in [0.29, 0.717) is 19.0 Å². The SMILES string of the molecule is Cc1cc(-c2cnn(C)c2)cc(C2CCN(C(=O)Cn3nc(C)ccc3=O)CC2)n1. The van der Waals surface area contributed by atoms with Crippen molar-refractivity contribution in [1.82, 2.24) is 29.4 Å². The lowest BCUT2D eigenvalue weighted by atomic mass is 9.91. The fourth-order valence-corrected chi connectivity index (χ4v) is 3.96. The average molecular weight is 406 g/mol. The molecular formula is C22H26N6O2. The van der Waals surface area contributed by atoms with Gasteiger partial charge in [0, 0.05) is 55.3 Å². The van der Waals surface area contributed by atoms with Crippen molar-refractivity contribution in [3.63, 3.8) is 0 Å². The van der Waals surface area contributed by atoms with E-state index in [2.05, 4.69) is 22.3 Å². The maximum atomic E-state index is 12.7. The summed E-state index contributed by atoms with van der Waals surface area (Å²) in [4.78, 5) is 31.2. The molecule has 30 heavy (non-hydrogen) atoms. The summed E-state index contributed by atoms with van der Waals surface area (Å²) in [6.45, 7) is 5.11. The Labute approximate surface area is 175 Å². The summed E-state index contributed by atoms with van der Waals surface area (Å²) in [6, 6.07) is 7.32. The number of carbonyl (C=O) groups is 1. The van der Waals surface area contributed by atoms with Gasteiger partial charge in [0.05, 0.1) is 11.9 Å². The van der Waals surface area contributed by atoms with E-state index in [1.165, 1.54) is 10.7 Å². The van der Waals surface area contributed by atoms with Gasteiger partial charge in [0.25, 0.3) is 5.56 Å². The van der Waals surface area contributed by atoms with Crippen molar-refractivity contribution < 1.29 is 4.79 Å². The number of hydrogen-bond donors (Lipinski definition) is 0. The standard InChI is InChI=1S/C22H26N6O2/c1-15-4-5-21(29)28(25-15)14-22(30)27-8-6-17(7-9-27)20-11-18(10-16(2)24-20)19-12-23-26(3)13-19/h4-5,10-13,17H,6-9,14H2,1-3H3. The zero-order valence-corrected chi connectivity index (χ0v) is 17.6. The molecule has 0 N–H and O–H groups in total. The zero-order valence-electron chi connectivity index (χ0n) is 17.6. The number of aromatic nitrogens is 5. The molecule has 1 fully saturated rings. The fraction of sp³-hybridized carbons (Fsp3) is 0.409. The average Bonchev–Trinajstić information content (AvgIpc) is 3.17. The molecular weight excluding hydrogens is 380 g/mol. The lowest BCUT2D eigenvalue weighted by molar-refractivity contribution is -0.133. The van der Waals surface area contributed by atoms with Crippen molar-refractivity contribution in [2.45, 2.75) is 39.2 Å². The van der Waals surface area contributed by atoms with Crippen LogP contribution in [0.5, 0.6) is 0 Å². The summed E-state index contributed by atoms with van der Waals surface area (Å²) in [5.41, 5.74) is 4.71. The Morgan fingerprint density at radius 3 is 2.57 bits per heavy atom. The van der Waals surface area contributed by atoms with Crippen molar-refractivity contribution in [1.29, 1.82) is 0 Å². The maximum Gasteiger partial charge on any atom is 0.267 e. The molecule has 3 aromatic rings. The lowest BCUT2D eigenvalue weighted by Crippen LogP contribution is -2.41. The van der Waals surface area contributed by atoms with Crippen LogP contribution in [-0.4, -0.2) is 48.4 Å². The number of pyridine rings is 1. The first kappa shape index (κ1) is 20.0. The Hall–Kier alpha value is -3.29. The quantitative estimate of drug-likeness (QED) is 0.662. The molecule has 8 heteroatoms. The van der Waals surface area contributed by atoms with Gasteiger partial charge in [-0.3, -0.25) is 19.3 Å². The van der Waals surface area contributed by atoms with Crippen molar-refractivity contribution in [2.24, 2.45) is 7.05 Å². The van der Waals surface area contributed by atoms with E-state index in [-0.39, 0.29) is 18.0 Å². The van der Waals surface area contributed by atoms with Crippen LogP contribution in [-0.2, 0) is 18.4 Å². The zero-order chi connectivity index (χ0) is 21.3. The smallest absolute Gasteiger partial charge is 0.267 e. The van der Waals surface area contributed by atoms with Crippen molar-refractivity contribution in [3.8, 4) is 11.1 Å². The predicted molar refractivity (Wildman–Crippen MR) is 113 cm³/mol. The van der Waals surface area contributed by atoms with Crippen LogP contribution >= 0.6 is 0 Å². The monoisotopic (exact) mass is 406 g/mol. The third kappa shape index (κ3) is 4.32. The van der Waals surface area contributed by atoms with Gasteiger partial charge >= 0.3 is 0 Å². The van der Waals surface area contributed by atoms with Crippen LogP contribution in [0.1, 0.15) is 35.8 Å². The molecule has 0 bridgehead atoms. The molecule has 3 aromatic heterocycles. The second kappa shape index (κ2) is 8.22. The second-order valence-electron chi connectivity index (χ2n) is 7.95. The Balaban J connectivity index is 1.43. The Morgan fingerprint density at radius 1 is 1.10 bits per heavy atom. The van der Waals surface area contributed by atoms with Crippen LogP contribution in [0, 0.1) is 13.8 Å². The minimum atomic E-state index is -0.254. The molecule has 0 saturated carbocycles. The Kier molecular flexibility index (Phi) is 5.48. The second-order valence-corrected chi connectivity index (χ2v) is 7.95. The van der Waals surface area contributed by atoms with Crippen LogP contribution in [0.3, 0.4) is 0 Å². The van der Waals surface area contributed by atoms with Gasteiger partial charge < -0.3 is 4.90 Å². The van der Waals surface area contributed by atoms with Crippen molar-refractivity contribution in [3.05, 3.63) is 64.1 Å². The minimum absolute atomic E-state index is 0.0149. The lowest BCUT2D eigenvalue weighted by Gasteiger charge is -2.32. The van der Waals surface area contributed by atoms with Gasteiger partial charge in [0.1, 0.15) is 6.54 Å². The summed E-state index contributed by atoms with van der Waals surface area (Å²) in [6.07, 6.45) is 5.57. The van der Waals surface area contributed by atoms with Gasteiger partial charge in [-0.2, -0.15) is 10.2 Å². The minimum Gasteiger partial charge on any atom is -0.341 e. The summed E-state index contributed by atoms with van der Waals surface area (Å²) >= 11 is 0. The number of likely N-dealkylation sites (tertiary alicyclic amines) is 1. The van der Waals surface area contributed by atoms with Crippen LogP contribution in [0.4, 0.5) is 0 Å². The van der Waals surface area contributed by atoms with E-state index in [1.54, 1.807) is 17.7 Å². The highest BCUT2D eigenvalue weighted by molar-refractivity contribution is 5.76. The van der Waals surface area contributed by atoms with Gasteiger partial charge in [0.15, 0.2) is 0 Å². The molecule has 156 valence electrons. The molecule has 0 radical (unpaired) electrons. The highest BCUT2D eigenvalue weighted by Gasteiger charge is 2.25. The van der Waals surface area contributed by atoms with Crippen LogP contribution < -0.4 is 5.56 Å². The van der Waals surface area contributed by atoms with Gasteiger partial charge in [-0.1, -0.05) is 0 Å². The van der Waals surface area contributed by atoms with Crippen LogP contribution in [0.15, 0.2) is 41.5 Å². The molecule has 0 atom stereocenters. The first-order valence-corrected chi connectivity index (χ1v) is 10.2. The number of nitrogens with zero attached hydrogens (tertiary/aromatic N) is 6. The molecule has 0 spiro atoms. The molecule has 8 nitrogen and oxygen atoms in total. The first-order chi connectivity index (χ1) is 14.4. The molecule has 0 aliphatic carbocycles. The summed E-state index contributed by atoms with van der Waals surface area (Å²) in [7, 11) is 1.91. The Morgan fingerprint density at radius 2 is 1.87 bits per heavy atom. The maximum absolute atomic E-state index is 12.7. The summed E-state index contributed by atoms with van der Waals surface area (Å²) in [5.74, 6) is 0.242. The number of aryl methyl sites for hydroxylation is 3. The summed E-state index contributed by atoms with van der Waals surface area (Å²) < 4.78 is 3.04. The van der Waals surface area contributed by atoms with E-state index < -0.39 is 0 Å². The van der Waals surface area contributed by atoms with Gasteiger partial charge in [0.2, 0.25) is 5.91 Å². The molecule has 0 unspecified atom stereocenters. The van der Waals surface area contributed by atoms with Crippen LogP contribution in [0.2, 0.25) is 0 Å². The molecule has 4 heterocycles. The number of hydrogen-bond acceptors (Lipinski definition) is 5. The molecule has 1 saturated heterocycles. The van der Waals surface area contributed by atoms with E-state index in [9.17, 15) is 9.59 Å². The molecule has 0 aromatic carbocycles. The van der Waals surface area contributed by atoms with Gasteiger partial charge in [-0.05, 0) is 50.5 Å². The van der Waals surface area contributed by atoms with Crippen molar-refractivity contribution in [2.75, 3.05) is 13.1 Å². The largest absolute Gasteiger partial charge is 0.341 e. The predicted octanol–water partition coefficient (Wildman–Crippen LogP) is 2.06. The summed E-state index contributed by atoms with van der Waals surface area (Å²) in [5, 5.41) is 8.42. The first-order valence-electron chi connectivity index (χ1n) is 10.2. The number of amides is 1. The van der Waals surface area contributed by atoms with Crippen molar-refractivity contribution >= 4 is 5.91 Å². The fourth-order valence-electron chi connectivity index (χ4n) is 3.96. The third-order valence-corrected chi connectivity index (χ3v) is 5.56. The van der Waals surface area contributed by atoms with E-state index in [1.807, 2.05) is 31.3 Å². The van der Waals surface area contributed by atoms with Gasteiger partial charge in [-0.25, -0.2) is 4.68 Å². The normalized spacial score (nSPS) is 14.8. The number of rotatable bonds is 4. The Bertz CT molecular complexity index is 1120. The van der Waals surface area contributed by atoms with E-state index >= 15 is 0 Å². The number of piperidine rings is 1. The van der Waals surface area contributed by atoms with Crippen LogP contribution in [0.25, 0.3) is 11.1 Å². The van der Waals surface area contributed by atoms with Gasteiger partial charge in [-0.15, -0.1) is 0 Å². The number of carbonyl (C=O) groups excluding carboxylic acids is 1. The molecule has 1 aliphatic heterocycles. The topological polar surface area (TPSA) is 85.9 Å². The molecule has 4 rings (SSSR count). The molecule has 1 aliphatic rings. The highest BCUT2D eigenvalue weighted by Crippen LogP contribution is 2.30. The highest BCUT2D eigenvalue weighted by atomic mass is 16.2. The van der Waals surface area contributed by atoms with E-state index in [0.717, 1.165) is 41.1 Å². The molecule has 1 amide bonds. The third-order valence-electron chi connectivity index (χ3n) is 5.56.